The van der Waals surface area contributed by atoms with Gasteiger partial charge in [0.05, 0.1) is 30.2 Å². The zero-order chi connectivity index (χ0) is 11.5. The summed E-state index contributed by atoms with van der Waals surface area (Å²) in [6.07, 6.45) is 0. The van der Waals surface area contributed by atoms with Crippen molar-refractivity contribution in [2.75, 3.05) is 19.8 Å². The van der Waals surface area contributed by atoms with Crippen LogP contribution in [-0.4, -0.2) is 24.7 Å². The Kier molecular flexibility index (Phi) is 3.12. The molecule has 0 radical (unpaired) electrons. The Bertz CT molecular complexity index is 405. The first-order valence-corrected chi connectivity index (χ1v) is 4.93. The van der Waals surface area contributed by atoms with Crippen LogP contribution in [0, 0.1) is 15.9 Å². The highest BCUT2D eigenvalue weighted by molar-refractivity contribution is 5.42. The van der Waals surface area contributed by atoms with Crippen LogP contribution in [0.3, 0.4) is 0 Å². The Balaban J connectivity index is 2.34. The van der Waals surface area contributed by atoms with Gasteiger partial charge in [-0.15, -0.1) is 0 Å². The predicted molar refractivity (Wildman–Crippen MR) is 54.6 cm³/mol. The van der Waals surface area contributed by atoms with Crippen molar-refractivity contribution in [3.05, 3.63) is 39.7 Å². The van der Waals surface area contributed by atoms with Crippen molar-refractivity contribution in [2.24, 2.45) is 0 Å². The van der Waals surface area contributed by atoms with Crippen molar-refractivity contribution in [3.63, 3.8) is 0 Å². The smallest absolute Gasteiger partial charge is 0.277 e. The van der Waals surface area contributed by atoms with Crippen LogP contribution in [0.5, 0.6) is 0 Å². The molecule has 0 saturated carbocycles. The normalized spacial score (nSPS) is 20.7. The minimum absolute atomic E-state index is 0.206. The van der Waals surface area contributed by atoms with Gasteiger partial charge in [-0.25, -0.2) is 4.39 Å². The largest absolute Gasteiger partial charge is 0.378 e. The van der Waals surface area contributed by atoms with E-state index in [1.807, 2.05) is 0 Å². The van der Waals surface area contributed by atoms with Gasteiger partial charge in [0, 0.05) is 12.1 Å². The third-order valence-electron chi connectivity index (χ3n) is 2.49. The van der Waals surface area contributed by atoms with Crippen LogP contribution in [0.25, 0.3) is 0 Å². The highest BCUT2D eigenvalue weighted by atomic mass is 19.1. The van der Waals surface area contributed by atoms with Crippen LogP contribution in [-0.2, 0) is 4.74 Å². The van der Waals surface area contributed by atoms with Crippen molar-refractivity contribution >= 4 is 5.69 Å². The molecule has 5 nitrogen and oxygen atoms in total. The number of nitrogens with zero attached hydrogens (tertiary/aromatic N) is 1. The molecule has 6 heteroatoms. The Morgan fingerprint density at radius 3 is 3.00 bits per heavy atom. The molecule has 1 heterocycles. The molecule has 0 amide bonds. The Labute approximate surface area is 91.4 Å². The summed E-state index contributed by atoms with van der Waals surface area (Å²) in [6.45, 7) is 1.59. The summed E-state index contributed by atoms with van der Waals surface area (Å²) >= 11 is 0. The summed E-state index contributed by atoms with van der Waals surface area (Å²) in [4.78, 5) is 10.2. The van der Waals surface area contributed by atoms with E-state index in [1.54, 1.807) is 0 Å². The lowest BCUT2D eigenvalue weighted by Crippen LogP contribution is -2.34. The van der Waals surface area contributed by atoms with Crippen LogP contribution in [0.1, 0.15) is 11.6 Å². The number of nitrogens with one attached hydrogen (secondary N) is 1. The number of nitro groups is 1. The van der Waals surface area contributed by atoms with E-state index >= 15 is 0 Å². The zero-order valence-electron chi connectivity index (χ0n) is 8.48. The molecule has 0 unspecified atom stereocenters. The molecule has 2 rings (SSSR count). The van der Waals surface area contributed by atoms with E-state index in [0.717, 1.165) is 6.07 Å². The molecule has 1 saturated heterocycles. The second-order valence-electron chi connectivity index (χ2n) is 3.54. The fourth-order valence-electron chi connectivity index (χ4n) is 1.73. The highest BCUT2D eigenvalue weighted by Crippen LogP contribution is 2.27. The van der Waals surface area contributed by atoms with E-state index in [9.17, 15) is 14.5 Å². The highest BCUT2D eigenvalue weighted by Gasteiger charge is 2.24. The summed E-state index contributed by atoms with van der Waals surface area (Å²) in [5.41, 5.74) is 0.258. The zero-order valence-corrected chi connectivity index (χ0v) is 8.48. The fourth-order valence-corrected chi connectivity index (χ4v) is 1.73. The number of hydrogen-bond donors (Lipinski definition) is 1. The van der Waals surface area contributed by atoms with Crippen LogP contribution in [0.4, 0.5) is 10.1 Å². The SMILES string of the molecule is O=[N+]([O-])c1cc(F)ccc1[C@H]1COCCN1. The van der Waals surface area contributed by atoms with E-state index in [-0.39, 0.29) is 11.7 Å². The monoisotopic (exact) mass is 226 g/mol. The van der Waals surface area contributed by atoms with Crippen LogP contribution in [0.2, 0.25) is 0 Å². The number of hydrogen-bond acceptors (Lipinski definition) is 4. The number of nitro benzene ring substituents is 1. The molecule has 1 atom stereocenters. The second-order valence-corrected chi connectivity index (χ2v) is 3.54. The van der Waals surface area contributed by atoms with Gasteiger partial charge in [0.15, 0.2) is 0 Å². The second kappa shape index (κ2) is 4.54. The molecular weight excluding hydrogens is 215 g/mol. The number of morpholine rings is 1. The van der Waals surface area contributed by atoms with Gasteiger partial charge >= 0.3 is 0 Å². The summed E-state index contributed by atoms with van der Waals surface area (Å²) in [5.74, 6) is -0.604. The molecular formula is C10H11FN2O3. The first-order chi connectivity index (χ1) is 7.68. The van der Waals surface area contributed by atoms with Crippen molar-refractivity contribution < 1.29 is 14.1 Å². The lowest BCUT2D eigenvalue weighted by molar-refractivity contribution is -0.386. The van der Waals surface area contributed by atoms with E-state index < -0.39 is 10.7 Å². The average molecular weight is 226 g/mol. The number of benzene rings is 1. The quantitative estimate of drug-likeness (QED) is 0.611. The van der Waals surface area contributed by atoms with Crippen molar-refractivity contribution in [3.8, 4) is 0 Å². The van der Waals surface area contributed by atoms with Crippen LogP contribution in [0.15, 0.2) is 18.2 Å². The van der Waals surface area contributed by atoms with Crippen LogP contribution >= 0.6 is 0 Å². The average Bonchev–Trinajstić information content (AvgIpc) is 2.30. The molecule has 1 aromatic rings. The molecule has 1 N–H and O–H groups in total. The molecule has 0 aromatic heterocycles. The van der Waals surface area contributed by atoms with Crippen molar-refractivity contribution in [1.82, 2.24) is 5.32 Å². The maximum Gasteiger partial charge on any atom is 0.277 e. The number of ether oxygens (including phenoxy) is 1. The van der Waals surface area contributed by atoms with Gasteiger partial charge in [0.2, 0.25) is 0 Å². The molecule has 0 bridgehead atoms. The summed E-state index contributed by atoms with van der Waals surface area (Å²) in [5, 5.41) is 13.9. The van der Waals surface area contributed by atoms with Gasteiger partial charge in [-0.3, -0.25) is 10.1 Å². The number of rotatable bonds is 2. The summed E-state index contributed by atoms with van der Waals surface area (Å²) in [7, 11) is 0. The van der Waals surface area contributed by atoms with Gasteiger partial charge in [0.1, 0.15) is 5.82 Å². The Morgan fingerprint density at radius 1 is 1.56 bits per heavy atom. The third kappa shape index (κ3) is 2.17. The van der Waals surface area contributed by atoms with Gasteiger partial charge in [-0.1, -0.05) is 0 Å². The lowest BCUT2D eigenvalue weighted by atomic mass is 10.0. The molecule has 0 spiro atoms. The van der Waals surface area contributed by atoms with Crippen molar-refractivity contribution in [2.45, 2.75) is 6.04 Å². The predicted octanol–water partition coefficient (Wildman–Crippen LogP) is 1.39. The summed E-state index contributed by atoms with van der Waals surface area (Å²) < 4.78 is 18.1. The van der Waals surface area contributed by atoms with Crippen LogP contribution < -0.4 is 5.32 Å². The minimum atomic E-state index is -0.604. The first-order valence-electron chi connectivity index (χ1n) is 4.93. The minimum Gasteiger partial charge on any atom is -0.378 e. The standard InChI is InChI=1S/C10H11FN2O3/c11-7-1-2-8(10(5-7)13(14)15)9-6-16-4-3-12-9/h1-2,5,9,12H,3-4,6H2/t9-/m1/s1. The van der Waals surface area contributed by atoms with Gasteiger partial charge in [0.25, 0.3) is 5.69 Å². The maximum absolute atomic E-state index is 12.9. The third-order valence-corrected chi connectivity index (χ3v) is 2.49. The lowest BCUT2D eigenvalue weighted by Gasteiger charge is -2.23. The molecule has 86 valence electrons. The molecule has 1 aliphatic heterocycles. The van der Waals surface area contributed by atoms with Gasteiger partial charge in [-0.05, 0) is 12.1 Å². The maximum atomic E-state index is 12.9. The summed E-state index contributed by atoms with van der Waals surface area (Å²) in [6, 6.07) is 3.35. The fraction of sp³-hybridized carbons (Fsp3) is 0.400. The van der Waals surface area contributed by atoms with Gasteiger partial charge < -0.3 is 10.1 Å². The molecule has 0 aliphatic carbocycles. The topological polar surface area (TPSA) is 64.4 Å². The van der Waals surface area contributed by atoms with E-state index in [1.165, 1.54) is 12.1 Å². The Morgan fingerprint density at radius 2 is 2.38 bits per heavy atom. The molecule has 16 heavy (non-hydrogen) atoms. The Hall–Kier alpha value is -1.53. The molecule has 1 aliphatic rings. The van der Waals surface area contributed by atoms with E-state index in [0.29, 0.717) is 25.3 Å². The van der Waals surface area contributed by atoms with E-state index in [2.05, 4.69) is 5.32 Å². The number of halogens is 1. The molecule has 1 aromatic carbocycles. The van der Waals surface area contributed by atoms with Crippen molar-refractivity contribution in [1.29, 1.82) is 0 Å². The van der Waals surface area contributed by atoms with E-state index in [4.69, 9.17) is 4.74 Å². The van der Waals surface area contributed by atoms with Gasteiger partial charge in [-0.2, -0.15) is 0 Å². The first kappa shape index (κ1) is 11.0. The molecule has 1 fully saturated rings.